The normalized spacial score (nSPS) is 11.1. The lowest BCUT2D eigenvalue weighted by Gasteiger charge is -2.23. The van der Waals surface area contributed by atoms with Crippen LogP contribution in [0.4, 0.5) is 11.5 Å². The number of hydrogen-bond donors (Lipinski definition) is 1. The van der Waals surface area contributed by atoms with E-state index in [4.69, 9.17) is 5.73 Å². The van der Waals surface area contributed by atoms with Gasteiger partial charge in [-0.05, 0) is 32.4 Å². The van der Waals surface area contributed by atoms with Crippen molar-refractivity contribution in [2.45, 2.75) is 33.4 Å². The molecular formula is C15H21BrN4. The number of rotatable bonds is 4. The summed E-state index contributed by atoms with van der Waals surface area (Å²) in [7, 11) is 2.05. The van der Waals surface area contributed by atoms with Gasteiger partial charge in [0.1, 0.15) is 0 Å². The van der Waals surface area contributed by atoms with E-state index in [0.29, 0.717) is 0 Å². The second kappa shape index (κ2) is 5.87. The van der Waals surface area contributed by atoms with E-state index in [0.717, 1.165) is 28.2 Å². The fraction of sp³-hybridized carbons (Fsp3) is 0.400. The Kier molecular flexibility index (Phi) is 4.38. The van der Waals surface area contributed by atoms with E-state index < -0.39 is 0 Å². The molecule has 0 amide bonds. The van der Waals surface area contributed by atoms with Crippen molar-refractivity contribution in [1.82, 2.24) is 9.78 Å². The van der Waals surface area contributed by atoms with Gasteiger partial charge < -0.3 is 10.6 Å². The van der Waals surface area contributed by atoms with Gasteiger partial charge in [0.25, 0.3) is 0 Å². The van der Waals surface area contributed by atoms with Crippen molar-refractivity contribution in [3.8, 4) is 0 Å². The molecule has 0 aliphatic heterocycles. The van der Waals surface area contributed by atoms with Gasteiger partial charge in [0.2, 0.25) is 0 Å². The summed E-state index contributed by atoms with van der Waals surface area (Å²) < 4.78 is 3.10. The average Bonchev–Trinajstić information content (AvgIpc) is 2.69. The molecule has 1 heterocycles. The van der Waals surface area contributed by atoms with E-state index in [-0.39, 0.29) is 6.04 Å². The van der Waals surface area contributed by atoms with Crippen molar-refractivity contribution < 1.29 is 0 Å². The Hall–Kier alpha value is -1.49. The first-order valence-corrected chi connectivity index (χ1v) is 7.50. The lowest BCUT2D eigenvalue weighted by molar-refractivity contribution is 0.525. The molecule has 5 heteroatoms. The maximum absolute atomic E-state index is 6.20. The van der Waals surface area contributed by atoms with E-state index in [1.807, 2.05) is 30.8 Å². The Morgan fingerprint density at radius 2 is 2.00 bits per heavy atom. The largest absolute Gasteiger partial charge is 0.394 e. The summed E-state index contributed by atoms with van der Waals surface area (Å²) in [6, 6.07) is 8.51. The maximum atomic E-state index is 6.20. The molecule has 0 unspecified atom stereocenters. The van der Waals surface area contributed by atoms with E-state index >= 15 is 0 Å². The van der Waals surface area contributed by atoms with Crippen LogP contribution in [0, 0.1) is 6.92 Å². The van der Waals surface area contributed by atoms with Crippen LogP contribution < -0.4 is 10.6 Å². The van der Waals surface area contributed by atoms with Crippen LogP contribution in [0.25, 0.3) is 0 Å². The third-order valence-corrected chi connectivity index (χ3v) is 4.10. The molecule has 108 valence electrons. The molecule has 20 heavy (non-hydrogen) atoms. The maximum Gasteiger partial charge on any atom is 0.150 e. The predicted molar refractivity (Wildman–Crippen MR) is 88.0 cm³/mol. The highest BCUT2D eigenvalue weighted by molar-refractivity contribution is 9.10. The van der Waals surface area contributed by atoms with Crippen LogP contribution in [0.3, 0.4) is 0 Å². The number of aryl methyl sites for hydroxylation is 1. The van der Waals surface area contributed by atoms with E-state index in [9.17, 15) is 0 Å². The fourth-order valence-corrected chi connectivity index (χ4v) is 2.66. The highest BCUT2D eigenvalue weighted by Gasteiger charge is 2.18. The molecular weight excluding hydrogens is 316 g/mol. The van der Waals surface area contributed by atoms with E-state index in [1.54, 1.807) is 0 Å². The number of aromatic nitrogens is 2. The predicted octanol–water partition coefficient (Wildman–Crippen LogP) is 3.75. The van der Waals surface area contributed by atoms with Crippen LogP contribution in [0.5, 0.6) is 0 Å². The Balaban J connectivity index is 2.34. The van der Waals surface area contributed by atoms with Crippen LogP contribution in [-0.4, -0.2) is 16.8 Å². The minimum atomic E-state index is 0.280. The topological polar surface area (TPSA) is 47.1 Å². The molecule has 0 saturated heterocycles. The number of nitrogens with zero attached hydrogens (tertiary/aromatic N) is 3. The Morgan fingerprint density at radius 3 is 2.60 bits per heavy atom. The second-order valence-corrected chi connectivity index (χ2v) is 6.16. The molecule has 1 aromatic heterocycles. The van der Waals surface area contributed by atoms with Crippen LogP contribution in [0.2, 0.25) is 0 Å². The quantitative estimate of drug-likeness (QED) is 0.924. The average molecular weight is 337 g/mol. The van der Waals surface area contributed by atoms with Gasteiger partial charge in [-0.2, -0.15) is 5.10 Å². The lowest BCUT2D eigenvalue weighted by atomic mass is 10.2. The first-order valence-electron chi connectivity index (χ1n) is 6.71. The molecule has 0 atom stereocenters. The van der Waals surface area contributed by atoms with E-state index in [1.165, 1.54) is 5.56 Å². The van der Waals surface area contributed by atoms with Gasteiger partial charge in [0.15, 0.2) is 5.82 Å². The lowest BCUT2D eigenvalue weighted by Crippen LogP contribution is -2.22. The molecule has 2 aromatic rings. The first-order chi connectivity index (χ1) is 9.41. The van der Waals surface area contributed by atoms with Crippen molar-refractivity contribution in [2.75, 3.05) is 17.7 Å². The molecule has 0 aliphatic carbocycles. The smallest absolute Gasteiger partial charge is 0.150 e. The molecule has 0 fully saturated rings. The zero-order valence-corrected chi connectivity index (χ0v) is 14.0. The van der Waals surface area contributed by atoms with Crippen LogP contribution in [0.15, 0.2) is 28.7 Å². The van der Waals surface area contributed by atoms with Crippen LogP contribution >= 0.6 is 15.9 Å². The highest BCUT2D eigenvalue weighted by atomic mass is 79.9. The molecule has 0 bridgehead atoms. The molecule has 1 aromatic carbocycles. The summed E-state index contributed by atoms with van der Waals surface area (Å²) in [5.74, 6) is 0.980. The first kappa shape index (κ1) is 14.9. The Morgan fingerprint density at radius 1 is 1.35 bits per heavy atom. The van der Waals surface area contributed by atoms with Gasteiger partial charge >= 0.3 is 0 Å². The minimum absolute atomic E-state index is 0.280. The molecule has 4 nitrogen and oxygen atoms in total. The van der Waals surface area contributed by atoms with Crippen molar-refractivity contribution in [3.63, 3.8) is 0 Å². The zero-order chi connectivity index (χ0) is 14.9. The van der Waals surface area contributed by atoms with Crippen molar-refractivity contribution in [1.29, 1.82) is 0 Å². The minimum Gasteiger partial charge on any atom is -0.394 e. The number of nitrogens with two attached hydrogens (primary N) is 1. The molecule has 0 saturated carbocycles. The van der Waals surface area contributed by atoms with Gasteiger partial charge in [0, 0.05) is 24.1 Å². The van der Waals surface area contributed by atoms with E-state index in [2.05, 4.69) is 51.9 Å². The van der Waals surface area contributed by atoms with Gasteiger partial charge in [0.05, 0.1) is 11.4 Å². The standard InChI is InChI=1S/C15H21BrN4/c1-10(2)20-15(14(17)11(3)18-20)19(4)9-12-7-5-6-8-13(12)16/h5-8,10H,9,17H2,1-4H3. The van der Waals surface area contributed by atoms with Crippen molar-refractivity contribution >= 4 is 27.4 Å². The van der Waals surface area contributed by atoms with Crippen molar-refractivity contribution in [3.05, 3.63) is 40.0 Å². The fourth-order valence-electron chi connectivity index (χ4n) is 2.25. The van der Waals surface area contributed by atoms with Gasteiger partial charge in [-0.25, -0.2) is 4.68 Å². The van der Waals surface area contributed by atoms with Gasteiger partial charge in [-0.1, -0.05) is 34.1 Å². The third kappa shape index (κ3) is 2.82. The Labute approximate surface area is 128 Å². The molecule has 0 spiro atoms. The zero-order valence-electron chi connectivity index (χ0n) is 12.4. The molecule has 0 radical (unpaired) electrons. The molecule has 2 rings (SSSR count). The highest BCUT2D eigenvalue weighted by Crippen LogP contribution is 2.30. The van der Waals surface area contributed by atoms with Crippen LogP contribution in [-0.2, 0) is 6.54 Å². The summed E-state index contributed by atoms with van der Waals surface area (Å²) >= 11 is 3.59. The van der Waals surface area contributed by atoms with Gasteiger partial charge in [-0.15, -0.1) is 0 Å². The summed E-state index contributed by atoms with van der Waals surface area (Å²) in [5, 5.41) is 4.53. The number of anilines is 2. The summed E-state index contributed by atoms with van der Waals surface area (Å²) in [6.07, 6.45) is 0. The number of hydrogen-bond acceptors (Lipinski definition) is 3. The second-order valence-electron chi connectivity index (χ2n) is 5.31. The monoisotopic (exact) mass is 336 g/mol. The van der Waals surface area contributed by atoms with Crippen molar-refractivity contribution in [2.24, 2.45) is 0 Å². The molecule has 0 aliphatic rings. The van der Waals surface area contributed by atoms with Crippen LogP contribution in [0.1, 0.15) is 31.1 Å². The molecule has 2 N–H and O–H groups in total. The van der Waals surface area contributed by atoms with Gasteiger partial charge in [-0.3, -0.25) is 0 Å². The number of nitrogen functional groups attached to an aromatic ring is 1. The third-order valence-electron chi connectivity index (χ3n) is 3.32. The SMILES string of the molecule is Cc1nn(C(C)C)c(N(C)Cc2ccccc2Br)c1N. The Bertz CT molecular complexity index is 604. The summed E-state index contributed by atoms with van der Waals surface area (Å²) in [6.45, 7) is 6.96. The number of benzene rings is 1. The summed E-state index contributed by atoms with van der Waals surface area (Å²) in [5.41, 5.74) is 9.06. The number of halogens is 1. The summed E-state index contributed by atoms with van der Waals surface area (Å²) in [4.78, 5) is 2.15.